The Labute approximate surface area is 187 Å². The van der Waals surface area contributed by atoms with Gasteiger partial charge >= 0.3 is 0 Å². The van der Waals surface area contributed by atoms with Gasteiger partial charge in [-0.15, -0.1) is 0 Å². The number of nitrogens with one attached hydrogen (secondary N) is 1. The lowest BCUT2D eigenvalue weighted by Crippen LogP contribution is -2.27. The van der Waals surface area contributed by atoms with E-state index in [2.05, 4.69) is 34.4 Å². The first kappa shape index (κ1) is 21.6. The summed E-state index contributed by atoms with van der Waals surface area (Å²) in [5, 5.41) is 9.37. The van der Waals surface area contributed by atoms with Crippen LogP contribution in [0, 0.1) is 0 Å². The van der Waals surface area contributed by atoms with Crippen molar-refractivity contribution < 1.29 is 4.79 Å². The molecule has 2 aromatic heterocycles. The second kappa shape index (κ2) is 10.6. The lowest BCUT2D eigenvalue weighted by Gasteiger charge is -2.17. The zero-order chi connectivity index (χ0) is 21.5. The van der Waals surface area contributed by atoms with Crippen molar-refractivity contribution in [1.82, 2.24) is 25.1 Å². The molecule has 0 radical (unpaired) electrons. The maximum absolute atomic E-state index is 12.2. The van der Waals surface area contributed by atoms with Crippen molar-refractivity contribution in [2.24, 2.45) is 0 Å². The topological polar surface area (TPSA) is 75.9 Å². The van der Waals surface area contributed by atoms with Crippen LogP contribution in [0.1, 0.15) is 38.2 Å². The molecule has 1 aliphatic rings. The lowest BCUT2D eigenvalue weighted by atomic mass is 10.1. The molecule has 1 saturated heterocycles. The van der Waals surface area contributed by atoms with Crippen molar-refractivity contribution >= 4 is 34.5 Å². The van der Waals surface area contributed by atoms with E-state index in [1.807, 2.05) is 29.1 Å². The molecule has 0 bridgehead atoms. The van der Waals surface area contributed by atoms with Crippen molar-refractivity contribution in [2.75, 3.05) is 30.3 Å². The Morgan fingerprint density at radius 3 is 2.74 bits per heavy atom. The number of aryl methyl sites for hydroxylation is 1. The molecule has 1 amide bonds. The van der Waals surface area contributed by atoms with Gasteiger partial charge in [0.1, 0.15) is 5.82 Å². The molecule has 3 aromatic rings. The van der Waals surface area contributed by atoms with Gasteiger partial charge in [-0.2, -0.15) is 5.10 Å². The van der Waals surface area contributed by atoms with Gasteiger partial charge in [-0.25, -0.2) is 14.6 Å². The fourth-order valence-corrected chi connectivity index (χ4v) is 4.50. The van der Waals surface area contributed by atoms with Gasteiger partial charge in [-0.05, 0) is 37.0 Å². The highest BCUT2D eigenvalue weighted by Crippen LogP contribution is 2.29. The molecular formula is C23H30N6OS. The average Bonchev–Trinajstić information content (AvgIpc) is 3.45. The molecule has 31 heavy (non-hydrogen) atoms. The number of carbonyl (C=O) groups is 1. The third-order valence-electron chi connectivity index (χ3n) is 5.49. The van der Waals surface area contributed by atoms with Gasteiger partial charge in [0.25, 0.3) is 0 Å². The SMILES string of the molecule is CCSc1nc(N2CCCC2)c2cnn(CCNC(=O)CCCc3ccccc3)c2n1. The van der Waals surface area contributed by atoms with E-state index in [9.17, 15) is 4.79 Å². The summed E-state index contributed by atoms with van der Waals surface area (Å²) in [6, 6.07) is 10.3. The third kappa shape index (κ3) is 5.55. The monoisotopic (exact) mass is 438 g/mol. The first-order valence-electron chi connectivity index (χ1n) is 11.2. The zero-order valence-corrected chi connectivity index (χ0v) is 18.9. The Hall–Kier alpha value is -2.61. The van der Waals surface area contributed by atoms with E-state index in [1.165, 1.54) is 18.4 Å². The number of hydrogen-bond donors (Lipinski definition) is 1. The van der Waals surface area contributed by atoms with Gasteiger partial charge in [0.15, 0.2) is 10.8 Å². The molecule has 3 heterocycles. The zero-order valence-electron chi connectivity index (χ0n) is 18.1. The Kier molecular flexibility index (Phi) is 7.40. The Balaban J connectivity index is 1.35. The van der Waals surface area contributed by atoms with Crippen LogP contribution < -0.4 is 10.2 Å². The minimum atomic E-state index is 0.0852. The van der Waals surface area contributed by atoms with E-state index in [-0.39, 0.29) is 5.91 Å². The van der Waals surface area contributed by atoms with Crippen LogP contribution in [0.25, 0.3) is 11.0 Å². The minimum absolute atomic E-state index is 0.0852. The van der Waals surface area contributed by atoms with E-state index in [0.717, 1.165) is 53.7 Å². The standard InChI is InChI=1S/C23H30N6OS/c1-2-31-23-26-21(28-14-6-7-15-28)19-17-25-29(22(19)27-23)16-13-24-20(30)12-8-11-18-9-4-3-5-10-18/h3-5,9-10,17H,2,6-8,11-16H2,1H3,(H,24,30). The Morgan fingerprint density at radius 1 is 1.16 bits per heavy atom. The predicted octanol–water partition coefficient (Wildman–Crippen LogP) is 3.68. The minimum Gasteiger partial charge on any atom is -0.356 e. The maximum atomic E-state index is 12.2. The molecule has 0 spiro atoms. The summed E-state index contributed by atoms with van der Waals surface area (Å²) in [5.41, 5.74) is 2.12. The highest BCUT2D eigenvalue weighted by Gasteiger charge is 2.20. The van der Waals surface area contributed by atoms with E-state index in [0.29, 0.717) is 19.5 Å². The first-order valence-corrected chi connectivity index (χ1v) is 12.1. The molecular weight excluding hydrogens is 408 g/mol. The van der Waals surface area contributed by atoms with Gasteiger partial charge in [0.05, 0.1) is 18.1 Å². The van der Waals surface area contributed by atoms with Gasteiger partial charge in [-0.1, -0.05) is 49.0 Å². The second-order valence-electron chi connectivity index (χ2n) is 7.75. The Morgan fingerprint density at radius 2 is 1.97 bits per heavy atom. The van der Waals surface area contributed by atoms with Crippen LogP contribution in [0.15, 0.2) is 41.7 Å². The molecule has 4 rings (SSSR count). The number of thioether (sulfide) groups is 1. The summed E-state index contributed by atoms with van der Waals surface area (Å²) in [6.45, 7) is 5.32. The molecule has 1 N–H and O–H groups in total. The van der Waals surface area contributed by atoms with Crippen LogP contribution in [0.3, 0.4) is 0 Å². The van der Waals surface area contributed by atoms with Crippen LogP contribution in [-0.4, -0.2) is 51.0 Å². The molecule has 1 aliphatic heterocycles. The van der Waals surface area contributed by atoms with Crippen molar-refractivity contribution in [3.8, 4) is 0 Å². The fraction of sp³-hybridized carbons (Fsp3) is 0.478. The number of anilines is 1. The first-order chi connectivity index (χ1) is 15.2. The molecule has 1 fully saturated rings. The fourth-order valence-electron chi connectivity index (χ4n) is 3.94. The van der Waals surface area contributed by atoms with Crippen LogP contribution >= 0.6 is 11.8 Å². The normalized spacial score (nSPS) is 13.8. The van der Waals surface area contributed by atoms with Gasteiger partial charge in [-0.3, -0.25) is 4.79 Å². The van der Waals surface area contributed by atoms with Crippen molar-refractivity contribution in [1.29, 1.82) is 0 Å². The van der Waals surface area contributed by atoms with Crippen molar-refractivity contribution in [3.05, 3.63) is 42.1 Å². The van der Waals surface area contributed by atoms with E-state index in [4.69, 9.17) is 9.97 Å². The van der Waals surface area contributed by atoms with Gasteiger partial charge in [0, 0.05) is 26.1 Å². The largest absolute Gasteiger partial charge is 0.356 e. The number of amides is 1. The Bertz CT molecular complexity index is 1000. The summed E-state index contributed by atoms with van der Waals surface area (Å²) < 4.78 is 1.89. The second-order valence-corrected chi connectivity index (χ2v) is 8.98. The van der Waals surface area contributed by atoms with E-state index >= 15 is 0 Å². The number of aromatic nitrogens is 4. The molecule has 7 nitrogen and oxygen atoms in total. The molecule has 8 heteroatoms. The highest BCUT2D eigenvalue weighted by molar-refractivity contribution is 7.99. The number of benzene rings is 1. The van der Waals surface area contributed by atoms with Crippen LogP contribution in [-0.2, 0) is 17.8 Å². The molecule has 0 aliphatic carbocycles. The smallest absolute Gasteiger partial charge is 0.220 e. The molecule has 0 unspecified atom stereocenters. The van der Waals surface area contributed by atoms with Crippen LogP contribution in [0.4, 0.5) is 5.82 Å². The highest BCUT2D eigenvalue weighted by atomic mass is 32.2. The van der Waals surface area contributed by atoms with Crippen molar-refractivity contribution in [3.63, 3.8) is 0 Å². The molecule has 1 aromatic carbocycles. The summed E-state index contributed by atoms with van der Waals surface area (Å²) >= 11 is 1.65. The number of fused-ring (bicyclic) bond motifs is 1. The van der Waals surface area contributed by atoms with Gasteiger partial charge in [0.2, 0.25) is 5.91 Å². The summed E-state index contributed by atoms with van der Waals surface area (Å²) in [4.78, 5) is 24.1. The maximum Gasteiger partial charge on any atom is 0.220 e. The number of carbonyl (C=O) groups excluding carboxylic acids is 1. The summed E-state index contributed by atoms with van der Waals surface area (Å²) in [7, 11) is 0. The van der Waals surface area contributed by atoms with E-state index in [1.54, 1.807) is 11.8 Å². The number of hydrogen-bond acceptors (Lipinski definition) is 6. The molecule has 0 saturated carbocycles. The number of rotatable bonds is 10. The molecule has 0 atom stereocenters. The summed E-state index contributed by atoms with van der Waals surface area (Å²) in [5.74, 6) is 2.01. The van der Waals surface area contributed by atoms with Crippen LogP contribution in [0.2, 0.25) is 0 Å². The quantitative estimate of drug-likeness (QED) is 0.384. The third-order valence-corrected chi connectivity index (χ3v) is 6.22. The van der Waals surface area contributed by atoms with Gasteiger partial charge < -0.3 is 10.2 Å². The average molecular weight is 439 g/mol. The van der Waals surface area contributed by atoms with Crippen molar-refractivity contribution in [2.45, 2.75) is 50.7 Å². The molecule has 164 valence electrons. The predicted molar refractivity (Wildman–Crippen MR) is 126 cm³/mol. The van der Waals surface area contributed by atoms with E-state index < -0.39 is 0 Å². The lowest BCUT2D eigenvalue weighted by molar-refractivity contribution is -0.121. The van der Waals surface area contributed by atoms with Crippen LogP contribution in [0.5, 0.6) is 0 Å². The number of nitrogens with zero attached hydrogens (tertiary/aromatic N) is 5. The summed E-state index contributed by atoms with van der Waals surface area (Å²) in [6.07, 6.45) is 6.58.